The summed E-state index contributed by atoms with van der Waals surface area (Å²) in [7, 11) is 0. The number of hydrogen-bond donors (Lipinski definition) is 9. The van der Waals surface area contributed by atoms with Crippen LogP contribution in [-0.4, -0.2) is 178 Å². The van der Waals surface area contributed by atoms with E-state index < -0.39 is 52.9 Å². The number of rotatable bonds is 90. The van der Waals surface area contributed by atoms with Gasteiger partial charge in [-0.25, -0.2) is 0 Å². The molecule has 0 spiro atoms. The Bertz CT molecular complexity index is 1950. The molecule has 15 nitrogen and oxygen atoms in total. The number of amides is 3. The molecule has 0 aromatic rings. The first-order chi connectivity index (χ1) is 57.5. The Morgan fingerprint density at radius 2 is 0.390 bits per heavy atom. The maximum absolute atomic E-state index is 15.1. The lowest BCUT2D eigenvalue weighted by molar-refractivity contribution is -0.188. The smallest absolute Gasteiger partial charge is 0.226 e. The van der Waals surface area contributed by atoms with E-state index >= 15 is 14.4 Å². The SMILES string of the molecule is CCCCCCCCCCC(O)CN(CCCCCCNC(=O)C12CC3CC(C(=O)NCCCCCCN(CC(O)CCCCCCCCCC)CC(O)CCCCCCCCCC)(C1)CC(C(=O)NCCCCCCN(CC(O)CCCCCCCCCC)CC(O)CCCCCCCCCC)(C3)C2)CC(O)CCCCCCCCCC. The van der Waals surface area contributed by atoms with Gasteiger partial charge in [-0.3, -0.25) is 29.1 Å². The minimum Gasteiger partial charge on any atom is -0.392 e. The van der Waals surface area contributed by atoms with Gasteiger partial charge >= 0.3 is 0 Å². The Hall–Kier alpha value is -1.95. The van der Waals surface area contributed by atoms with Crippen molar-refractivity contribution in [3.63, 3.8) is 0 Å². The van der Waals surface area contributed by atoms with Crippen molar-refractivity contribution in [2.24, 2.45) is 22.2 Å². The molecular formula is C103H202N6O9. The van der Waals surface area contributed by atoms with Crippen LogP contribution >= 0.6 is 0 Å². The Morgan fingerprint density at radius 3 is 0.568 bits per heavy atom. The minimum absolute atomic E-state index is 0.0129. The quantitative estimate of drug-likeness (QED) is 0.0260. The monoisotopic (exact) mass is 1670 g/mol. The van der Waals surface area contributed by atoms with E-state index in [9.17, 15) is 30.6 Å². The summed E-state index contributed by atoms with van der Waals surface area (Å²) in [4.78, 5) is 52.4. The number of nitrogens with one attached hydrogen (secondary N) is 3. The first-order valence-electron chi connectivity index (χ1n) is 52.6. The molecule has 0 aromatic carbocycles. The van der Waals surface area contributed by atoms with Gasteiger partial charge in [0.2, 0.25) is 17.7 Å². The van der Waals surface area contributed by atoms with E-state index in [1.165, 1.54) is 270 Å². The summed E-state index contributed by atoms with van der Waals surface area (Å²) >= 11 is 0. The zero-order chi connectivity index (χ0) is 85.5. The Kier molecular flexibility index (Phi) is 69.3. The molecule has 6 atom stereocenters. The Morgan fingerprint density at radius 1 is 0.237 bits per heavy atom. The van der Waals surface area contributed by atoms with Crippen LogP contribution < -0.4 is 16.0 Å². The second-order valence-electron chi connectivity index (χ2n) is 39.6. The summed E-state index contributed by atoms with van der Waals surface area (Å²) < 4.78 is 0. The van der Waals surface area contributed by atoms with Gasteiger partial charge in [0.25, 0.3) is 0 Å². The van der Waals surface area contributed by atoms with Crippen LogP contribution in [0.15, 0.2) is 0 Å². The van der Waals surface area contributed by atoms with Crippen LogP contribution in [0.4, 0.5) is 0 Å². The molecule has 4 saturated carbocycles. The largest absolute Gasteiger partial charge is 0.392 e. The summed E-state index contributed by atoms with van der Waals surface area (Å²) in [5, 5.41) is 78.2. The molecule has 4 rings (SSSR count). The van der Waals surface area contributed by atoms with Crippen LogP contribution in [0.1, 0.15) is 504 Å². The van der Waals surface area contributed by atoms with Gasteiger partial charge in [-0.1, -0.05) is 388 Å². The number of aliphatic hydroxyl groups is 6. The maximum Gasteiger partial charge on any atom is 0.226 e. The molecule has 118 heavy (non-hydrogen) atoms. The fourth-order valence-corrected chi connectivity index (χ4v) is 21.0. The maximum atomic E-state index is 15.1. The van der Waals surface area contributed by atoms with E-state index in [4.69, 9.17) is 0 Å². The molecule has 0 saturated heterocycles. The minimum atomic E-state index is -0.802. The van der Waals surface area contributed by atoms with Gasteiger partial charge < -0.3 is 46.6 Å². The highest BCUT2D eigenvalue weighted by atomic mass is 16.3. The highest BCUT2D eigenvalue weighted by Gasteiger charge is 2.69. The van der Waals surface area contributed by atoms with E-state index in [-0.39, 0.29) is 23.6 Å². The van der Waals surface area contributed by atoms with Crippen LogP contribution in [0, 0.1) is 22.2 Å². The average Bonchev–Trinajstić information content (AvgIpc) is 0.690. The Labute approximate surface area is 730 Å². The number of hydrogen-bond acceptors (Lipinski definition) is 12. The first kappa shape index (κ1) is 110. The van der Waals surface area contributed by atoms with Crippen molar-refractivity contribution < 1.29 is 45.0 Å². The van der Waals surface area contributed by atoms with E-state index in [1.807, 2.05) is 0 Å². The van der Waals surface area contributed by atoms with Gasteiger partial charge in [-0.15, -0.1) is 0 Å². The van der Waals surface area contributed by atoms with Crippen molar-refractivity contribution in [2.45, 2.75) is 540 Å². The van der Waals surface area contributed by atoms with Gasteiger partial charge in [0, 0.05) is 58.9 Å². The van der Waals surface area contributed by atoms with Gasteiger partial charge in [0.15, 0.2) is 0 Å². The summed E-state index contributed by atoms with van der Waals surface area (Å²) in [6.45, 7) is 21.3. The standard InChI is InChI=1S/C103H202N6O9/c1-7-13-19-25-31-37-43-55-67-92(110)82-107(83-93(111)68-56-44-38-32-26-20-14-8-2)76-64-52-49-61-73-104-98(116)101-79-91-80-102(88-101,99(117)105-74-62-50-53-65-77-108(84-94(112)69-57-45-39-33-27-21-15-9-3)85-95(113)70-58-46-40-34-28-22-16-10-4)90-103(81-91,89-101)100(118)106-75-63-51-54-66-78-109(86-96(114)71-59-47-41-35-29-23-17-11-5)87-97(115)72-60-48-42-36-30-24-18-12-6/h91-97,110-115H,7-90H2,1-6H3,(H,104,116)(H,105,117)(H,106,118). The van der Waals surface area contributed by atoms with E-state index in [0.717, 1.165) is 174 Å². The number of unbranched alkanes of at least 4 members (excludes halogenated alkanes) is 51. The summed E-state index contributed by atoms with van der Waals surface area (Å²) in [5.41, 5.74) is -2.41. The third-order valence-corrected chi connectivity index (χ3v) is 27.7. The second kappa shape index (κ2) is 74.2. The summed E-state index contributed by atoms with van der Waals surface area (Å²) in [6, 6.07) is 0. The molecule has 4 aliphatic carbocycles. The van der Waals surface area contributed by atoms with Crippen LogP contribution in [0.5, 0.6) is 0 Å². The van der Waals surface area contributed by atoms with Gasteiger partial charge in [0.05, 0.1) is 52.9 Å². The zero-order valence-electron chi connectivity index (χ0n) is 79.2. The highest BCUT2D eigenvalue weighted by Crippen LogP contribution is 2.70. The van der Waals surface area contributed by atoms with Crippen LogP contribution in [0.3, 0.4) is 0 Å². The lowest BCUT2D eigenvalue weighted by Crippen LogP contribution is -2.67. The molecule has 698 valence electrons. The van der Waals surface area contributed by atoms with Crippen molar-refractivity contribution in [3.8, 4) is 0 Å². The molecule has 4 fully saturated rings. The Balaban J connectivity index is 1.69. The molecule has 9 N–H and O–H groups in total. The van der Waals surface area contributed by atoms with Crippen LogP contribution in [-0.2, 0) is 14.4 Å². The van der Waals surface area contributed by atoms with Crippen LogP contribution in [0.25, 0.3) is 0 Å². The summed E-state index contributed by atoms with van der Waals surface area (Å²) in [5.74, 6) is 0.136. The number of nitrogens with zero attached hydrogens (tertiary/aromatic N) is 3. The predicted molar refractivity (Wildman–Crippen MR) is 502 cm³/mol. The summed E-state index contributed by atoms with van der Waals surface area (Å²) in [6.07, 6.45) is 76.9. The van der Waals surface area contributed by atoms with Gasteiger partial charge in [-0.05, 0) is 141 Å². The van der Waals surface area contributed by atoms with E-state index in [1.54, 1.807) is 0 Å². The topological polar surface area (TPSA) is 218 Å². The molecule has 6 unspecified atom stereocenters. The second-order valence-corrected chi connectivity index (χ2v) is 39.6. The fraction of sp³-hybridized carbons (Fsp3) is 0.971. The fourth-order valence-electron chi connectivity index (χ4n) is 21.0. The van der Waals surface area contributed by atoms with Crippen molar-refractivity contribution in [2.75, 3.05) is 78.5 Å². The van der Waals surface area contributed by atoms with E-state index in [0.29, 0.717) is 97.4 Å². The molecular weight excluding hydrogens is 1470 g/mol. The molecule has 3 amide bonds. The molecule has 4 aliphatic rings. The number of carbonyl (C=O) groups is 3. The zero-order valence-corrected chi connectivity index (χ0v) is 79.2. The van der Waals surface area contributed by atoms with Crippen molar-refractivity contribution in [3.05, 3.63) is 0 Å². The molecule has 4 bridgehead atoms. The number of carbonyl (C=O) groups excluding carboxylic acids is 3. The third kappa shape index (κ3) is 54.8. The predicted octanol–water partition coefficient (Wildman–Crippen LogP) is 24.2. The molecule has 0 aromatic heterocycles. The van der Waals surface area contributed by atoms with Gasteiger partial charge in [0.1, 0.15) is 0 Å². The van der Waals surface area contributed by atoms with Crippen molar-refractivity contribution in [1.82, 2.24) is 30.7 Å². The lowest BCUT2D eigenvalue weighted by atomic mass is 9.39. The van der Waals surface area contributed by atoms with E-state index in [2.05, 4.69) is 72.2 Å². The van der Waals surface area contributed by atoms with Crippen LogP contribution in [0.2, 0.25) is 0 Å². The van der Waals surface area contributed by atoms with Gasteiger partial charge in [-0.2, -0.15) is 0 Å². The highest BCUT2D eigenvalue weighted by molar-refractivity contribution is 5.92. The van der Waals surface area contributed by atoms with Crippen molar-refractivity contribution in [1.29, 1.82) is 0 Å². The lowest BCUT2D eigenvalue weighted by Gasteiger charge is -2.64. The third-order valence-electron chi connectivity index (χ3n) is 27.7. The molecule has 0 radical (unpaired) electrons. The first-order valence-corrected chi connectivity index (χ1v) is 52.6. The average molecular weight is 1670 g/mol. The molecule has 0 aliphatic heterocycles. The molecule has 0 heterocycles. The van der Waals surface area contributed by atoms with Crippen molar-refractivity contribution >= 4 is 17.7 Å². The normalized spacial score (nSPS) is 19.4. The number of aliphatic hydroxyl groups excluding tert-OH is 6. The molecule has 15 heteroatoms.